The third-order valence-electron chi connectivity index (χ3n) is 3.54. The molecule has 1 amide bonds. The number of likely N-dealkylation sites (N-methyl/N-ethyl adjacent to an activating group) is 1. The molecule has 0 aliphatic carbocycles. The minimum atomic E-state index is -0.621. The zero-order valence-electron chi connectivity index (χ0n) is 12.6. The summed E-state index contributed by atoms with van der Waals surface area (Å²) in [7, 11) is 1.91. The number of aldehydes is 1. The minimum absolute atomic E-state index is 0.0723. The molecule has 1 aromatic rings. The molecule has 124 valence electrons. The average molecular weight is 358 g/mol. The molecule has 1 aliphatic rings. The number of hydrazone groups is 1. The summed E-state index contributed by atoms with van der Waals surface area (Å²) in [6.07, 6.45) is 0.712. The van der Waals surface area contributed by atoms with E-state index in [1.807, 2.05) is 24.1 Å². The number of nitrogens with zero attached hydrogens (tertiary/aromatic N) is 3. The van der Waals surface area contributed by atoms with Gasteiger partial charge in [0.2, 0.25) is 0 Å². The fourth-order valence-electron chi connectivity index (χ4n) is 2.31. The van der Waals surface area contributed by atoms with Crippen LogP contribution in [-0.2, 0) is 9.53 Å². The van der Waals surface area contributed by atoms with Gasteiger partial charge < -0.3 is 9.53 Å². The van der Waals surface area contributed by atoms with Crippen LogP contribution in [0.5, 0.6) is 0 Å². The Morgan fingerprint density at radius 1 is 1.48 bits per heavy atom. The van der Waals surface area contributed by atoms with E-state index in [-0.39, 0.29) is 12.6 Å². The highest BCUT2D eigenvalue weighted by molar-refractivity contribution is 6.62. The molecular weight excluding hydrogens is 341 g/mol. The second-order valence-electron chi connectivity index (χ2n) is 5.07. The molecule has 0 saturated carbocycles. The van der Waals surface area contributed by atoms with Gasteiger partial charge in [-0.3, -0.25) is 9.69 Å². The number of benzene rings is 1. The zero-order chi connectivity index (χ0) is 16.8. The Kier molecular flexibility index (Phi) is 6.53. The molecule has 2 rings (SSSR count). The van der Waals surface area contributed by atoms with Crippen molar-refractivity contribution in [1.82, 2.24) is 9.91 Å². The van der Waals surface area contributed by atoms with Crippen molar-refractivity contribution in [3.05, 3.63) is 34.9 Å². The second-order valence-corrected chi connectivity index (χ2v) is 5.82. The van der Waals surface area contributed by atoms with Crippen LogP contribution in [0.3, 0.4) is 0 Å². The summed E-state index contributed by atoms with van der Waals surface area (Å²) in [6.45, 7) is 1.44. The molecule has 1 heterocycles. The first-order valence-corrected chi connectivity index (χ1v) is 7.81. The van der Waals surface area contributed by atoms with Gasteiger partial charge in [-0.05, 0) is 36.3 Å². The number of hydrogen-bond acceptors (Lipinski definition) is 5. The minimum Gasteiger partial charge on any atom is -0.373 e. The van der Waals surface area contributed by atoms with Crippen LogP contribution < -0.4 is 0 Å². The van der Waals surface area contributed by atoms with Gasteiger partial charge in [0, 0.05) is 11.6 Å². The van der Waals surface area contributed by atoms with Crippen molar-refractivity contribution in [2.24, 2.45) is 5.10 Å². The van der Waals surface area contributed by atoms with Gasteiger partial charge in [0.05, 0.1) is 24.9 Å². The fourth-order valence-corrected chi connectivity index (χ4v) is 2.55. The molecular formula is C15H17Cl2N3O3. The maximum atomic E-state index is 11.4. The molecule has 6 nitrogen and oxygen atoms in total. The summed E-state index contributed by atoms with van der Waals surface area (Å²) in [4.78, 5) is 23.7. The third kappa shape index (κ3) is 4.75. The molecule has 0 radical (unpaired) electrons. The summed E-state index contributed by atoms with van der Waals surface area (Å²) in [5.41, 5.74) is 1.62. The number of ether oxygens (including phenoxy) is 1. The van der Waals surface area contributed by atoms with Crippen molar-refractivity contribution < 1.29 is 14.3 Å². The van der Waals surface area contributed by atoms with Gasteiger partial charge in [0.1, 0.15) is 12.9 Å². The van der Waals surface area contributed by atoms with E-state index in [1.54, 1.807) is 12.1 Å². The summed E-state index contributed by atoms with van der Waals surface area (Å²) in [5, 5.41) is 5.56. The molecule has 0 fully saturated rings. The van der Waals surface area contributed by atoms with E-state index < -0.39 is 5.37 Å². The molecule has 0 aromatic heterocycles. The smallest absolute Gasteiger partial charge is 0.336 e. The zero-order valence-corrected chi connectivity index (χ0v) is 14.1. The SMILES string of the molecule is CN(CCOCC=O)C1CN(C(=O)Cl)N=C1c1ccc(Cl)cc1. The molecule has 0 saturated heterocycles. The number of hydrogen-bond donors (Lipinski definition) is 0. The Hall–Kier alpha value is -1.47. The number of amides is 1. The van der Waals surface area contributed by atoms with Crippen molar-refractivity contribution >= 4 is 40.6 Å². The van der Waals surface area contributed by atoms with E-state index >= 15 is 0 Å². The van der Waals surface area contributed by atoms with E-state index in [2.05, 4.69) is 5.10 Å². The maximum Gasteiger partial charge on any atom is 0.336 e. The van der Waals surface area contributed by atoms with Gasteiger partial charge in [-0.15, -0.1) is 0 Å². The number of carbonyl (C=O) groups is 2. The third-order valence-corrected chi connectivity index (χ3v) is 3.99. The van der Waals surface area contributed by atoms with Gasteiger partial charge in [-0.1, -0.05) is 23.7 Å². The molecule has 1 aliphatic heterocycles. The highest BCUT2D eigenvalue weighted by atomic mass is 35.5. The van der Waals surface area contributed by atoms with Crippen molar-refractivity contribution in [3.8, 4) is 0 Å². The van der Waals surface area contributed by atoms with Crippen molar-refractivity contribution in [3.63, 3.8) is 0 Å². The second kappa shape index (κ2) is 8.40. The molecule has 8 heteroatoms. The molecule has 23 heavy (non-hydrogen) atoms. The van der Waals surface area contributed by atoms with Crippen LogP contribution >= 0.6 is 23.2 Å². The van der Waals surface area contributed by atoms with Crippen molar-refractivity contribution in [2.45, 2.75) is 6.04 Å². The Bertz CT molecular complexity index is 592. The van der Waals surface area contributed by atoms with Crippen LogP contribution in [0.1, 0.15) is 5.56 Å². The first-order valence-electron chi connectivity index (χ1n) is 7.06. The number of carbonyl (C=O) groups excluding carboxylic acids is 2. The first-order chi connectivity index (χ1) is 11.0. The van der Waals surface area contributed by atoms with Crippen LogP contribution in [0.25, 0.3) is 0 Å². The van der Waals surface area contributed by atoms with Crippen LogP contribution in [0.15, 0.2) is 29.4 Å². The first kappa shape index (κ1) is 17.9. The predicted molar refractivity (Wildman–Crippen MR) is 89.2 cm³/mol. The van der Waals surface area contributed by atoms with Crippen LogP contribution in [-0.4, -0.2) is 66.7 Å². The molecule has 0 spiro atoms. The summed E-state index contributed by atoms with van der Waals surface area (Å²) >= 11 is 11.5. The molecule has 1 atom stereocenters. The Morgan fingerprint density at radius 3 is 2.78 bits per heavy atom. The quantitative estimate of drug-likeness (QED) is 0.325. The predicted octanol–water partition coefficient (Wildman–Crippen LogP) is 2.23. The highest BCUT2D eigenvalue weighted by Gasteiger charge is 2.33. The summed E-state index contributed by atoms with van der Waals surface area (Å²) < 4.78 is 5.17. The van der Waals surface area contributed by atoms with E-state index in [9.17, 15) is 9.59 Å². The Morgan fingerprint density at radius 2 is 2.17 bits per heavy atom. The topological polar surface area (TPSA) is 62.2 Å². The van der Waals surface area contributed by atoms with Gasteiger partial charge in [-0.2, -0.15) is 5.10 Å². The van der Waals surface area contributed by atoms with Gasteiger partial charge >= 0.3 is 5.37 Å². The monoisotopic (exact) mass is 357 g/mol. The molecule has 1 aromatic carbocycles. The number of halogens is 2. The molecule has 0 N–H and O–H groups in total. The lowest BCUT2D eigenvalue weighted by atomic mass is 10.0. The normalized spacial score (nSPS) is 17.5. The van der Waals surface area contributed by atoms with E-state index in [0.29, 0.717) is 31.0 Å². The average Bonchev–Trinajstić information content (AvgIpc) is 2.98. The molecule has 1 unspecified atom stereocenters. The lowest BCUT2D eigenvalue weighted by Crippen LogP contribution is -2.42. The van der Waals surface area contributed by atoms with E-state index in [1.165, 1.54) is 5.01 Å². The standard InChI is InChI=1S/C15H17Cl2N3O3/c1-19(6-8-23-9-7-21)13-10-20(15(17)22)18-14(13)11-2-4-12(16)5-3-11/h2-5,7,13H,6,8-10H2,1H3. The van der Waals surface area contributed by atoms with Gasteiger partial charge in [0.25, 0.3) is 0 Å². The van der Waals surface area contributed by atoms with E-state index in [4.69, 9.17) is 27.9 Å². The van der Waals surface area contributed by atoms with Crippen LogP contribution in [0.2, 0.25) is 5.02 Å². The molecule has 0 bridgehead atoms. The lowest BCUT2D eigenvalue weighted by Gasteiger charge is -2.25. The highest BCUT2D eigenvalue weighted by Crippen LogP contribution is 2.21. The fraction of sp³-hybridized carbons (Fsp3) is 0.400. The Balaban J connectivity index is 2.13. The summed E-state index contributed by atoms with van der Waals surface area (Å²) in [6, 6.07) is 7.14. The van der Waals surface area contributed by atoms with Gasteiger partial charge in [0.15, 0.2) is 0 Å². The maximum absolute atomic E-state index is 11.4. The number of rotatable bonds is 7. The van der Waals surface area contributed by atoms with E-state index in [0.717, 1.165) is 11.3 Å². The Labute approximate surface area is 144 Å². The van der Waals surface area contributed by atoms with Gasteiger partial charge in [-0.25, -0.2) is 5.01 Å². The van der Waals surface area contributed by atoms with Crippen molar-refractivity contribution in [1.29, 1.82) is 0 Å². The lowest BCUT2D eigenvalue weighted by molar-refractivity contribution is -0.112. The summed E-state index contributed by atoms with van der Waals surface area (Å²) in [5.74, 6) is 0. The van der Waals surface area contributed by atoms with Crippen LogP contribution in [0.4, 0.5) is 4.79 Å². The van der Waals surface area contributed by atoms with Crippen molar-refractivity contribution in [2.75, 3.05) is 33.4 Å². The van der Waals surface area contributed by atoms with Crippen LogP contribution in [0, 0.1) is 0 Å². The largest absolute Gasteiger partial charge is 0.373 e.